The molecule has 0 aliphatic carbocycles. The second-order valence-electron chi connectivity index (χ2n) is 3.03. The van der Waals surface area contributed by atoms with Crippen LogP contribution in [0.4, 0.5) is 4.39 Å². The lowest BCUT2D eigenvalue weighted by Crippen LogP contribution is -2.08. The predicted molar refractivity (Wildman–Crippen MR) is 64.0 cm³/mol. The Morgan fingerprint density at radius 2 is 2.24 bits per heavy atom. The van der Waals surface area contributed by atoms with Crippen LogP contribution in [0, 0.1) is 5.82 Å². The van der Waals surface area contributed by atoms with Gasteiger partial charge in [-0.1, -0.05) is 11.6 Å². The smallest absolute Gasteiger partial charge is 0.268 e. The van der Waals surface area contributed by atoms with Gasteiger partial charge in [-0.05, 0) is 28.1 Å². The summed E-state index contributed by atoms with van der Waals surface area (Å²) in [5, 5.41) is -0.0662. The Morgan fingerprint density at radius 3 is 2.94 bits per heavy atom. The van der Waals surface area contributed by atoms with Crippen LogP contribution in [-0.4, -0.2) is 9.97 Å². The predicted octanol–water partition coefficient (Wildman–Crippen LogP) is 3.12. The molecule has 2 aromatic rings. The molecule has 0 spiro atoms. The standard InChI is InChI=1S/C10H5BrClFN2O2/c11-8-9(16)14-4-15-10(8)17-5-1-2-7(13)6(12)3-5/h1-4H,(H,14,15,16). The molecule has 17 heavy (non-hydrogen) atoms. The van der Waals surface area contributed by atoms with E-state index in [4.69, 9.17) is 16.3 Å². The highest BCUT2D eigenvalue weighted by molar-refractivity contribution is 9.10. The van der Waals surface area contributed by atoms with Gasteiger partial charge >= 0.3 is 0 Å². The molecular formula is C10H5BrClFN2O2. The number of aromatic nitrogens is 2. The molecular weight excluding hydrogens is 314 g/mol. The van der Waals surface area contributed by atoms with Gasteiger partial charge in [-0.2, -0.15) is 0 Å². The fraction of sp³-hybridized carbons (Fsp3) is 0. The number of nitrogens with zero attached hydrogens (tertiary/aromatic N) is 1. The van der Waals surface area contributed by atoms with Crippen LogP contribution in [0.1, 0.15) is 0 Å². The molecule has 88 valence electrons. The maximum atomic E-state index is 12.9. The Morgan fingerprint density at radius 1 is 1.47 bits per heavy atom. The maximum absolute atomic E-state index is 12.9. The first-order valence-corrected chi connectivity index (χ1v) is 5.61. The maximum Gasteiger partial charge on any atom is 0.268 e. The average Bonchev–Trinajstić information content (AvgIpc) is 2.30. The highest BCUT2D eigenvalue weighted by atomic mass is 79.9. The fourth-order valence-corrected chi connectivity index (χ4v) is 1.56. The molecule has 0 radical (unpaired) electrons. The van der Waals surface area contributed by atoms with Gasteiger partial charge in [-0.3, -0.25) is 4.79 Å². The first-order chi connectivity index (χ1) is 8.08. The third-order valence-electron chi connectivity index (χ3n) is 1.87. The molecule has 1 aromatic heterocycles. The van der Waals surface area contributed by atoms with Crippen molar-refractivity contribution in [2.24, 2.45) is 0 Å². The molecule has 0 amide bonds. The van der Waals surface area contributed by atoms with Gasteiger partial charge in [-0.15, -0.1) is 0 Å². The summed E-state index contributed by atoms with van der Waals surface area (Å²) in [4.78, 5) is 17.4. The summed E-state index contributed by atoms with van der Waals surface area (Å²) in [6.07, 6.45) is 1.20. The van der Waals surface area contributed by atoms with Crippen molar-refractivity contribution in [3.05, 3.63) is 50.2 Å². The van der Waals surface area contributed by atoms with Crippen LogP contribution in [-0.2, 0) is 0 Å². The monoisotopic (exact) mass is 318 g/mol. The lowest BCUT2D eigenvalue weighted by molar-refractivity contribution is 0.455. The van der Waals surface area contributed by atoms with Crippen LogP contribution in [0.3, 0.4) is 0 Å². The van der Waals surface area contributed by atoms with Gasteiger partial charge in [0, 0.05) is 6.07 Å². The van der Waals surface area contributed by atoms with Crippen LogP contribution >= 0.6 is 27.5 Å². The van der Waals surface area contributed by atoms with Crippen molar-refractivity contribution >= 4 is 27.5 Å². The van der Waals surface area contributed by atoms with Crippen molar-refractivity contribution in [3.63, 3.8) is 0 Å². The number of hydrogen-bond acceptors (Lipinski definition) is 3. The third kappa shape index (κ3) is 2.65. The lowest BCUT2D eigenvalue weighted by atomic mass is 10.3. The topological polar surface area (TPSA) is 55.0 Å². The third-order valence-corrected chi connectivity index (χ3v) is 2.86. The van der Waals surface area contributed by atoms with E-state index in [0.717, 1.165) is 0 Å². The highest BCUT2D eigenvalue weighted by Crippen LogP contribution is 2.27. The van der Waals surface area contributed by atoms with Crippen LogP contribution in [0.2, 0.25) is 5.02 Å². The second-order valence-corrected chi connectivity index (χ2v) is 4.23. The number of hydrogen-bond donors (Lipinski definition) is 1. The summed E-state index contributed by atoms with van der Waals surface area (Å²) in [7, 11) is 0. The minimum absolute atomic E-state index is 0.0662. The van der Waals surface area contributed by atoms with E-state index in [-0.39, 0.29) is 26.7 Å². The van der Waals surface area contributed by atoms with Crippen molar-refractivity contribution in [2.75, 3.05) is 0 Å². The number of rotatable bonds is 2. The zero-order valence-corrected chi connectivity index (χ0v) is 10.5. The molecule has 0 fully saturated rings. The molecule has 0 saturated carbocycles. The van der Waals surface area contributed by atoms with E-state index in [1.54, 1.807) is 0 Å². The highest BCUT2D eigenvalue weighted by Gasteiger charge is 2.09. The molecule has 4 nitrogen and oxygen atoms in total. The number of ether oxygens (including phenoxy) is 1. The van der Waals surface area contributed by atoms with Gasteiger partial charge in [0.25, 0.3) is 5.56 Å². The van der Waals surface area contributed by atoms with E-state index < -0.39 is 5.82 Å². The van der Waals surface area contributed by atoms with Crippen LogP contribution in [0.15, 0.2) is 33.8 Å². The Hall–Kier alpha value is -1.40. The van der Waals surface area contributed by atoms with Gasteiger partial charge < -0.3 is 9.72 Å². The first-order valence-electron chi connectivity index (χ1n) is 4.44. The van der Waals surface area contributed by atoms with Crippen LogP contribution < -0.4 is 10.3 Å². The quantitative estimate of drug-likeness (QED) is 0.925. The van der Waals surface area contributed by atoms with E-state index in [9.17, 15) is 9.18 Å². The number of aromatic amines is 1. The average molecular weight is 320 g/mol. The van der Waals surface area contributed by atoms with Gasteiger partial charge in [0.2, 0.25) is 5.88 Å². The van der Waals surface area contributed by atoms with Crippen molar-refractivity contribution in [1.29, 1.82) is 0 Å². The second kappa shape index (κ2) is 4.85. The van der Waals surface area contributed by atoms with Crippen molar-refractivity contribution < 1.29 is 9.13 Å². The van der Waals surface area contributed by atoms with Gasteiger partial charge in [0.1, 0.15) is 16.0 Å². The van der Waals surface area contributed by atoms with Crippen molar-refractivity contribution in [2.45, 2.75) is 0 Å². The minimum Gasteiger partial charge on any atom is -0.438 e. The fourth-order valence-electron chi connectivity index (χ4n) is 1.09. The van der Waals surface area contributed by atoms with Crippen molar-refractivity contribution in [1.82, 2.24) is 9.97 Å². The van der Waals surface area contributed by atoms with Gasteiger partial charge in [0.05, 0.1) is 11.3 Å². The molecule has 2 rings (SSSR count). The summed E-state index contributed by atoms with van der Waals surface area (Å²) >= 11 is 8.63. The minimum atomic E-state index is -0.544. The zero-order valence-electron chi connectivity index (χ0n) is 8.21. The molecule has 0 aliphatic rings. The van der Waals surface area contributed by atoms with Crippen molar-refractivity contribution in [3.8, 4) is 11.6 Å². The molecule has 1 N–H and O–H groups in total. The summed E-state index contributed by atoms with van der Waals surface area (Å²) in [6, 6.07) is 3.85. The largest absolute Gasteiger partial charge is 0.438 e. The Balaban J connectivity index is 2.35. The number of nitrogens with one attached hydrogen (secondary N) is 1. The zero-order chi connectivity index (χ0) is 12.4. The first kappa shape index (κ1) is 12.1. The van der Waals surface area contributed by atoms with Gasteiger partial charge in [-0.25, -0.2) is 9.37 Å². The van der Waals surface area contributed by atoms with Crippen LogP contribution in [0.25, 0.3) is 0 Å². The summed E-state index contributed by atoms with van der Waals surface area (Å²) in [5.41, 5.74) is -0.372. The van der Waals surface area contributed by atoms with E-state index >= 15 is 0 Å². The molecule has 0 bridgehead atoms. The Bertz CT molecular complexity index is 617. The summed E-state index contributed by atoms with van der Waals surface area (Å²) in [5.74, 6) is -0.177. The lowest BCUT2D eigenvalue weighted by Gasteiger charge is -2.05. The van der Waals surface area contributed by atoms with E-state index in [0.29, 0.717) is 0 Å². The Kier molecular flexibility index (Phi) is 3.44. The summed E-state index contributed by atoms with van der Waals surface area (Å²) < 4.78 is 18.4. The van der Waals surface area contributed by atoms with E-state index in [2.05, 4.69) is 25.9 Å². The SMILES string of the molecule is O=c1[nH]cnc(Oc2ccc(F)c(Cl)c2)c1Br. The number of halogens is 3. The summed E-state index contributed by atoms with van der Waals surface area (Å²) in [6.45, 7) is 0. The van der Waals surface area contributed by atoms with Gasteiger partial charge in [0.15, 0.2) is 0 Å². The molecule has 0 atom stereocenters. The number of benzene rings is 1. The molecule has 7 heteroatoms. The normalized spacial score (nSPS) is 10.3. The van der Waals surface area contributed by atoms with E-state index in [1.807, 2.05) is 0 Å². The molecule has 0 aliphatic heterocycles. The Labute approximate surface area is 109 Å². The molecule has 1 aromatic carbocycles. The van der Waals surface area contributed by atoms with E-state index in [1.165, 1.54) is 24.5 Å². The number of H-pyrrole nitrogens is 1. The molecule has 1 heterocycles. The molecule has 0 saturated heterocycles. The van der Waals surface area contributed by atoms with Crippen LogP contribution in [0.5, 0.6) is 11.6 Å². The molecule has 0 unspecified atom stereocenters.